The second-order valence-corrected chi connectivity index (χ2v) is 6.66. The van der Waals surface area contributed by atoms with Gasteiger partial charge >= 0.3 is 41.5 Å². The van der Waals surface area contributed by atoms with Crippen LogP contribution in [0.1, 0.15) is 36.7 Å². The van der Waals surface area contributed by atoms with Crippen LogP contribution in [0.5, 0.6) is 0 Å². The second-order valence-electron chi connectivity index (χ2n) is 6.66. The molecule has 3 radical (unpaired) electrons. The van der Waals surface area contributed by atoms with Gasteiger partial charge in [-0.15, -0.1) is 0 Å². The molecule has 0 unspecified atom stereocenters. The van der Waals surface area contributed by atoms with E-state index in [4.69, 9.17) is 0 Å². The molecule has 0 bridgehead atoms. The molecule has 0 amide bonds. The standard InChI is InChI=1S/C8H12N2O.C6H5NO2.C4H6O4.C2H3BO2.C2H7N.Na/c1-10(2)6-7-3-4-8(11)9-5-7;8-4-5-1-2-6(9)7-3-5;1-3(5)7-8-4(2)6;1-2(4)5-3;1-3-2;/h3-5H,6H2,1-2H3,(H,9,11);1-4H,(H,7,9);1-2H3;1H3;3H,1-2H3;/q;;;-1;;+1. The Kier molecular flexibility index (Phi) is 30.6. The largest absolute Gasteiger partial charge is 1.00 e. The van der Waals surface area contributed by atoms with Crippen LogP contribution in [0.15, 0.2) is 46.2 Å². The van der Waals surface area contributed by atoms with Crippen molar-refractivity contribution in [3.8, 4) is 0 Å². The summed E-state index contributed by atoms with van der Waals surface area (Å²) < 4.78 is 3.61. The Morgan fingerprint density at radius 3 is 1.54 bits per heavy atom. The molecule has 13 nitrogen and oxygen atoms in total. The molecule has 199 valence electrons. The number of nitrogens with one attached hydrogen (secondary N) is 3. The fraction of sp³-hybridized carbons (Fsp3) is 0.364. The van der Waals surface area contributed by atoms with E-state index in [2.05, 4.69) is 37.8 Å². The number of rotatable bonds is 3. The number of H-pyrrole nitrogens is 2. The van der Waals surface area contributed by atoms with Gasteiger partial charge in [0.1, 0.15) is 0 Å². The molecule has 37 heavy (non-hydrogen) atoms. The van der Waals surface area contributed by atoms with Gasteiger partial charge < -0.3 is 32.9 Å². The zero-order chi connectivity index (χ0) is 28.5. The first-order valence-corrected chi connectivity index (χ1v) is 10.1. The fourth-order valence-electron chi connectivity index (χ4n) is 1.52. The topological polar surface area (TPSA) is 177 Å². The van der Waals surface area contributed by atoms with Crippen LogP contribution in [0.3, 0.4) is 0 Å². The molecular weight excluding hydrogens is 498 g/mol. The molecule has 2 rings (SSSR count). The third kappa shape index (κ3) is 35.2. The minimum Gasteiger partial charge on any atom is -0.793 e. The van der Waals surface area contributed by atoms with Crippen LogP contribution < -0.4 is 46.0 Å². The Hall–Kier alpha value is -3.04. The van der Waals surface area contributed by atoms with Crippen LogP contribution in [-0.2, 0) is 35.4 Å². The van der Waals surface area contributed by atoms with Gasteiger partial charge in [-0.3, -0.25) is 19.2 Å². The number of aldehydes is 1. The van der Waals surface area contributed by atoms with Crippen molar-refractivity contribution in [2.75, 3.05) is 28.2 Å². The quantitative estimate of drug-likeness (QED) is 0.161. The van der Waals surface area contributed by atoms with Crippen LogP contribution >= 0.6 is 0 Å². The number of aromatic nitrogens is 2. The number of hydrogen-bond acceptors (Lipinski definition) is 11. The van der Waals surface area contributed by atoms with E-state index in [1.165, 1.54) is 25.3 Å². The summed E-state index contributed by atoms with van der Waals surface area (Å²) in [7, 11) is 12.1. The Labute approximate surface area is 238 Å². The van der Waals surface area contributed by atoms with E-state index in [0.29, 0.717) is 11.8 Å². The fourth-order valence-corrected chi connectivity index (χ4v) is 1.52. The van der Waals surface area contributed by atoms with Gasteiger partial charge in [0.2, 0.25) is 17.1 Å². The molecule has 0 aliphatic rings. The van der Waals surface area contributed by atoms with Crippen LogP contribution in [0, 0.1) is 0 Å². The normalized spacial score (nSPS) is 8.35. The van der Waals surface area contributed by atoms with Crippen molar-refractivity contribution in [2.24, 2.45) is 0 Å². The summed E-state index contributed by atoms with van der Waals surface area (Å²) in [5.74, 6) is -1.74. The molecule has 0 aliphatic heterocycles. The van der Waals surface area contributed by atoms with Gasteiger partial charge in [0.25, 0.3) is 0 Å². The Morgan fingerprint density at radius 1 is 0.892 bits per heavy atom. The number of carbonyl (C=O) groups is 4. The van der Waals surface area contributed by atoms with Gasteiger partial charge in [0, 0.05) is 57.4 Å². The van der Waals surface area contributed by atoms with E-state index in [1.54, 1.807) is 12.3 Å². The molecule has 0 saturated heterocycles. The summed E-state index contributed by atoms with van der Waals surface area (Å²) in [5, 5.41) is 2.75. The molecule has 0 aliphatic carbocycles. The molecule has 0 spiro atoms. The van der Waals surface area contributed by atoms with Crippen molar-refractivity contribution >= 4 is 32.2 Å². The summed E-state index contributed by atoms with van der Waals surface area (Å²) in [4.78, 5) is 74.8. The van der Waals surface area contributed by atoms with E-state index in [1.807, 2.05) is 39.2 Å². The molecule has 0 aromatic carbocycles. The first kappa shape index (κ1) is 41.1. The number of hydrogen-bond donors (Lipinski definition) is 3. The van der Waals surface area contributed by atoms with E-state index < -0.39 is 17.9 Å². The molecule has 2 aromatic heterocycles. The summed E-state index contributed by atoms with van der Waals surface area (Å²) in [6, 6.07) is 6.15. The van der Waals surface area contributed by atoms with Crippen molar-refractivity contribution in [3.63, 3.8) is 0 Å². The number of aromatic amines is 2. The monoisotopic (exact) mass is 531 g/mol. The number of pyridine rings is 2. The number of nitrogens with zero attached hydrogens (tertiary/aromatic N) is 1. The van der Waals surface area contributed by atoms with Crippen molar-refractivity contribution in [1.82, 2.24) is 20.2 Å². The SMILES string of the molecule is CC(=O)OOC(C)=O.CN(C)Cc1ccc(=O)[nH]c1.CNC.O=Cc1ccc(=O)[nH]c1.[B-]OC(C)=O.[Na+]. The average Bonchev–Trinajstić information content (AvgIpc) is 2.81. The van der Waals surface area contributed by atoms with Gasteiger partial charge in [-0.1, -0.05) is 6.07 Å². The van der Waals surface area contributed by atoms with Crippen LogP contribution in [-0.4, -0.2) is 75.3 Å². The Balaban J connectivity index is -0.000000193. The van der Waals surface area contributed by atoms with Crippen LogP contribution in [0.4, 0.5) is 0 Å². The van der Waals surface area contributed by atoms with Gasteiger partial charge in [-0.2, -0.15) is 0 Å². The van der Waals surface area contributed by atoms with Crippen molar-refractivity contribution < 1.29 is 63.2 Å². The van der Waals surface area contributed by atoms with Gasteiger partial charge in [0.05, 0.1) is 0 Å². The van der Waals surface area contributed by atoms with Crippen molar-refractivity contribution in [2.45, 2.75) is 27.3 Å². The predicted octanol–water partition coefficient (Wildman–Crippen LogP) is -2.88. The Bertz CT molecular complexity index is 959. The number of carbonyl (C=O) groups excluding carboxylic acids is 4. The first-order valence-electron chi connectivity index (χ1n) is 10.1. The van der Waals surface area contributed by atoms with E-state index in [9.17, 15) is 28.8 Å². The van der Waals surface area contributed by atoms with Crippen LogP contribution in [0.2, 0.25) is 0 Å². The molecule has 3 N–H and O–H groups in total. The van der Waals surface area contributed by atoms with Crippen molar-refractivity contribution in [3.05, 3.63) is 68.5 Å². The maximum Gasteiger partial charge on any atom is 1.00 e. The third-order valence-corrected chi connectivity index (χ3v) is 2.73. The smallest absolute Gasteiger partial charge is 0.793 e. The van der Waals surface area contributed by atoms with Gasteiger partial charge in [0.15, 0.2) is 6.29 Å². The summed E-state index contributed by atoms with van der Waals surface area (Å²) in [6.07, 6.45) is 3.79. The molecule has 2 heterocycles. The average molecular weight is 531 g/mol. The molecule has 15 heteroatoms. The minimum atomic E-state index is -0.639. The van der Waals surface area contributed by atoms with Crippen LogP contribution in [0.25, 0.3) is 0 Å². The zero-order valence-corrected chi connectivity index (χ0v) is 24.4. The van der Waals surface area contributed by atoms with Gasteiger partial charge in [-0.25, -0.2) is 19.4 Å². The van der Waals surface area contributed by atoms with Crippen molar-refractivity contribution in [1.29, 1.82) is 0 Å². The molecule has 2 aromatic rings. The zero-order valence-electron chi connectivity index (χ0n) is 22.4. The summed E-state index contributed by atoms with van der Waals surface area (Å²) in [5.41, 5.74) is 1.36. The van der Waals surface area contributed by atoms with E-state index in [-0.39, 0.29) is 40.7 Å². The molecule has 0 atom stereocenters. The maximum absolute atomic E-state index is 10.6. The van der Waals surface area contributed by atoms with Gasteiger partial charge in [-0.05, 0) is 39.8 Å². The first-order chi connectivity index (χ1) is 16.8. The third-order valence-electron chi connectivity index (χ3n) is 2.73. The molecular formula is C22H33BN4NaO9. The van der Waals surface area contributed by atoms with E-state index >= 15 is 0 Å². The Morgan fingerprint density at radius 2 is 1.30 bits per heavy atom. The summed E-state index contributed by atoms with van der Waals surface area (Å²) in [6.45, 7) is 4.38. The maximum atomic E-state index is 10.6. The molecule has 0 saturated carbocycles. The second kappa shape index (κ2) is 27.6. The molecule has 0 fully saturated rings. The predicted molar refractivity (Wildman–Crippen MR) is 133 cm³/mol. The minimum absolute atomic E-state index is 0. The van der Waals surface area contributed by atoms with E-state index in [0.717, 1.165) is 26.0 Å². The summed E-state index contributed by atoms with van der Waals surface area (Å²) >= 11 is 0.